The predicted molar refractivity (Wildman–Crippen MR) is 79.9 cm³/mol. The van der Waals surface area contributed by atoms with E-state index in [9.17, 15) is 19.5 Å². The molecule has 0 aromatic heterocycles. The monoisotopic (exact) mass is 310 g/mol. The van der Waals surface area contributed by atoms with E-state index in [1.165, 1.54) is 6.92 Å². The molecule has 22 heavy (non-hydrogen) atoms. The average Bonchev–Trinajstić information content (AvgIpc) is 2.52. The number of esters is 1. The summed E-state index contributed by atoms with van der Waals surface area (Å²) in [5, 5.41) is 11.5. The first-order valence-electron chi connectivity index (χ1n) is 7.84. The number of aldehydes is 2. The number of rotatable bonds is 3. The van der Waals surface area contributed by atoms with E-state index in [2.05, 4.69) is 0 Å². The molecule has 1 N–H and O–H groups in total. The third-order valence-corrected chi connectivity index (χ3v) is 5.87. The van der Waals surface area contributed by atoms with Crippen LogP contribution in [0.2, 0.25) is 0 Å². The molecule has 0 aliphatic heterocycles. The van der Waals surface area contributed by atoms with Crippen molar-refractivity contribution in [3.8, 4) is 0 Å². The Kier molecular flexibility index (Phi) is 4.01. The minimum atomic E-state index is -1.49. The molecule has 0 heterocycles. The molecule has 2 saturated carbocycles. The van der Waals surface area contributed by atoms with Gasteiger partial charge in [0.25, 0.3) is 0 Å². The Bertz CT molecular complexity index is 499. The molecule has 0 bridgehead atoms. The Morgan fingerprint density at radius 1 is 1.27 bits per heavy atom. The fourth-order valence-electron chi connectivity index (χ4n) is 5.31. The zero-order chi connectivity index (χ0) is 16.9. The SMILES string of the molecule is CC(=O)O[C@H]1C[C@@H](C)[C@H](C=O)[C@@]2(O)[C@@H]1C(C)(C)CC2(C)C=O. The molecule has 2 aliphatic carbocycles. The zero-order valence-electron chi connectivity index (χ0n) is 14.0. The molecule has 124 valence electrons. The van der Waals surface area contributed by atoms with Gasteiger partial charge in [0.2, 0.25) is 0 Å². The van der Waals surface area contributed by atoms with Crippen LogP contribution in [0.4, 0.5) is 0 Å². The minimum absolute atomic E-state index is 0.156. The maximum Gasteiger partial charge on any atom is 0.302 e. The molecule has 2 aliphatic rings. The number of fused-ring (bicyclic) bond motifs is 1. The van der Waals surface area contributed by atoms with E-state index in [1.54, 1.807) is 6.92 Å². The van der Waals surface area contributed by atoms with E-state index in [-0.39, 0.29) is 5.92 Å². The number of ether oxygens (including phenoxy) is 1. The molecule has 0 spiro atoms. The molecule has 1 unspecified atom stereocenters. The number of hydrogen-bond donors (Lipinski definition) is 1. The van der Waals surface area contributed by atoms with Gasteiger partial charge in [-0.15, -0.1) is 0 Å². The van der Waals surface area contributed by atoms with Gasteiger partial charge in [0.1, 0.15) is 18.7 Å². The third kappa shape index (κ3) is 2.13. The molecule has 0 aromatic carbocycles. The first-order chi connectivity index (χ1) is 10.0. The highest BCUT2D eigenvalue weighted by Gasteiger charge is 2.72. The fourth-order valence-corrected chi connectivity index (χ4v) is 5.31. The van der Waals surface area contributed by atoms with Crippen LogP contribution in [0.1, 0.15) is 47.5 Å². The molecule has 6 atom stereocenters. The van der Waals surface area contributed by atoms with Crippen LogP contribution in [0.25, 0.3) is 0 Å². The lowest BCUT2D eigenvalue weighted by Crippen LogP contribution is -2.63. The van der Waals surface area contributed by atoms with E-state index in [0.29, 0.717) is 12.8 Å². The molecule has 0 amide bonds. The second-order valence-electron chi connectivity index (χ2n) is 8.03. The Morgan fingerprint density at radius 3 is 2.32 bits per heavy atom. The van der Waals surface area contributed by atoms with E-state index in [0.717, 1.165) is 12.6 Å². The fraction of sp³-hybridized carbons (Fsp3) is 0.824. The largest absolute Gasteiger partial charge is 0.462 e. The van der Waals surface area contributed by atoms with E-state index in [1.807, 2.05) is 20.8 Å². The summed E-state index contributed by atoms with van der Waals surface area (Å²) in [7, 11) is 0. The molecule has 0 aromatic rings. The lowest BCUT2D eigenvalue weighted by atomic mass is 9.56. The molecule has 5 heteroatoms. The van der Waals surface area contributed by atoms with Crippen molar-refractivity contribution < 1.29 is 24.2 Å². The van der Waals surface area contributed by atoms with Gasteiger partial charge in [-0.2, -0.15) is 0 Å². The van der Waals surface area contributed by atoms with Gasteiger partial charge in [0, 0.05) is 18.8 Å². The maximum atomic E-state index is 11.8. The molecule has 2 rings (SSSR count). The summed E-state index contributed by atoms with van der Waals surface area (Å²) < 4.78 is 5.48. The summed E-state index contributed by atoms with van der Waals surface area (Å²) in [5.41, 5.74) is -2.93. The van der Waals surface area contributed by atoms with Crippen molar-refractivity contribution in [2.24, 2.45) is 28.6 Å². The Morgan fingerprint density at radius 2 is 1.86 bits per heavy atom. The van der Waals surface area contributed by atoms with E-state index < -0.39 is 40.3 Å². The first-order valence-corrected chi connectivity index (χ1v) is 7.84. The van der Waals surface area contributed by atoms with Crippen molar-refractivity contribution in [2.75, 3.05) is 0 Å². The third-order valence-electron chi connectivity index (χ3n) is 5.87. The Hall–Kier alpha value is -1.23. The summed E-state index contributed by atoms with van der Waals surface area (Å²) in [6.45, 7) is 8.84. The highest BCUT2D eigenvalue weighted by molar-refractivity contribution is 5.69. The lowest BCUT2D eigenvalue weighted by Gasteiger charge is -2.53. The van der Waals surface area contributed by atoms with Gasteiger partial charge in [-0.3, -0.25) is 4.79 Å². The van der Waals surface area contributed by atoms with Crippen LogP contribution in [-0.4, -0.2) is 35.4 Å². The number of carbonyl (C=O) groups excluding carboxylic acids is 3. The van der Waals surface area contributed by atoms with Gasteiger partial charge < -0.3 is 19.4 Å². The van der Waals surface area contributed by atoms with Crippen LogP contribution in [0.15, 0.2) is 0 Å². The van der Waals surface area contributed by atoms with Crippen LogP contribution >= 0.6 is 0 Å². The van der Waals surface area contributed by atoms with Gasteiger partial charge in [0.05, 0.1) is 11.0 Å². The second kappa shape index (κ2) is 5.15. The summed E-state index contributed by atoms with van der Waals surface area (Å²) in [4.78, 5) is 34.9. The zero-order valence-corrected chi connectivity index (χ0v) is 14.0. The van der Waals surface area contributed by atoms with Crippen molar-refractivity contribution in [1.82, 2.24) is 0 Å². The van der Waals surface area contributed by atoms with Crippen molar-refractivity contribution in [3.63, 3.8) is 0 Å². The quantitative estimate of drug-likeness (QED) is 0.634. The van der Waals surface area contributed by atoms with Crippen LogP contribution in [0, 0.1) is 28.6 Å². The first kappa shape index (κ1) is 17.1. The number of aliphatic hydroxyl groups is 1. The smallest absolute Gasteiger partial charge is 0.302 e. The summed E-state index contributed by atoms with van der Waals surface area (Å²) >= 11 is 0. The van der Waals surface area contributed by atoms with Gasteiger partial charge in [-0.1, -0.05) is 27.7 Å². The molecule has 2 fully saturated rings. The molecular formula is C17H26O5. The molecule has 0 radical (unpaired) electrons. The average molecular weight is 310 g/mol. The van der Waals surface area contributed by atoms with E-state index in [4.69, 9.17) is 4.74 Å². The normalized spacial score (nSPS) is 46.6. The Labute approximate surface area is 131 Å². The standard InChI is InChI=1S/C17H26O5/c1-10-6-13(22-11(2)20)14-15(3,4)8-16(5,9-19)17(14,21)12(10)7-18/h7,9-10,12-14,21H,6,8H2,1-5H3/t10-,12+,13+,14+,16?,17-/m1/s1. The van der Waals surface area contributed by atoms with Crippen molar-refractivity contribution in [3.05, 3.63) is 0 Å². The van der Waals surface area contributed by atoms with Crippen LogP contribution in [0.3, 0.4) is 0 Å². The van der Waals surface area contributed by atoms with E-state index >= 15 is 0 Å². The van der Waals surface area contributed by atoms with Crippen molar-refractivity contribution in [1.29, 1.82) is 0 Å². The second-order valence-corrected chi connectivity index (χ2v) is 8.03. The highest BCUT2D eigenvalue weighted by Crippen LogP contribution is 2.65. The van der Waals surface area contributed by atoms with Crippen LogP contribution in [0.5, 0.6) is 0 Å². The van der Waals surface area contributed by atoms with Gasteiger partial charge in [-0.05, 0) is 24.2 Å². The highest BCUT2D eigenvalue weighted by atomic mass is 16.5. The van der Waals surface area contributed by atoms with Crippen LogP contribution < -0.4 is 0 Å². The molecule has 0 saturated heterocycles. The van der Waals surface area contributed by atoms with Crippen molar-refractivity contribution in [2.45, 2.75) is 59.2 Å². The number of carbonyl (C=O) groups is 3. The maximum absolute atomic E-state index is 11.8. The number of hydrogen-bond acceptors (Lipinski definition) is 5. The topological polar surface area (TPSA) is 80.7 Å². The molecule has 5 nitrogen and oxygen atoms in total. The summed E-state index contributed by atoms with van der Waals surface area (Å²) in [5.74, 6) is -1.64. The van der Waals surface area contributed by atoms with Gasteiger partial charge in [-0.25, -0.2) is 0 Å². The summed E-state index contributed by atoms with van der Waals surface area (Å²) in [6, 6.07) is 0. The Balaban J connectivity index is 2.61. The molecular weight excluding hydrogens is 284 g/mol. The summed E-state index contributed by atoms with van der Waals surface area (Å²) in [6.07, 6.45) is 2.04. The van der Waals surface area contributed by atoms with Gasteiger partial charge in [0.15, 0.2) is 0 Å². The lowest BCUT2D eigenvalue weighted by molar-refractivity contribution is -0.204. The van der Waals surface area contributed by atoms with Crippen molar-refractivity contribution >= 4 is 18.5 Å². The van der Waals surface area contributed by atoms with Crippen LogP contribution in [-0.2, 0) is 19.1 Å². The minimum Gasteiger partial charge on any atom is -0.462 e. The predicted octanol–water partition coefficient (Wildman–Crippen LogP) is 1.76. The van der Waals surface area contributed by atoms with Gasteiger partial charge >= 0.3 is 5.97 Å².